The second kappa shape index (κ2) is 4.57. The highest BCUT2D eigenvalue weighted by Crippen LogP contribution is 2.30. The summed E-state index contributed by atoms with van der Waals surface area (Å²) in [4.78, 5) is 0. The Morgan fingerprint density at radius 3 is 2.53 bits per heavy atom. The van der Waals surface area contributed by atoms with Crippen molar-refractivity contribution in [3.8, 4) is 11.5 Å². The fourth-order valence-electron chi connectivity index (χ4n) is 2.97. The van der Waals surface area contributed by atoms with Gasteiger partial charge in [-0.25, -0.2) is 0 Å². The second-order valence-electron chi connectivity index (χ2n) is 5.03. The lowest BCUT2D eigenvalue weighted by Gasteiger charge is -2.29. The largest absolute Gasteiger partial charge is 0.497 e. The Kier molecular flexibility index (Phi) is 2.93. The molecule has 2 aliphatic rings. The molecule has 0 aliphatic carbocycles. The third-order valence-electron chi connectivity index (χ3n) is 3.77. The van der Waals surface area contributed by atoms with E-state index < -0.39 is 0 Å². The smallest absolute Gasteiger partial charge is 0.123 e. The van der Waals surface area contributed by atoms with E-state index in [0.29, 0.717) is 18.2 Å². The first-order chi connectivity index (χ1) is 8.33. The summed E-state index contributed by atoms with van der Waals surface area (Å²) in [5.41, 5.74) is 0. The zero-order chi connectivity index (χ0) is 11.7. The molecule has 3 heteroatoms. The molecule has 1 aromatic carbocycles. The summed E-state index contributed by atoms with van der Waals surface area (Å²) >= 11 is 0. The van der Waals surface area contributed by atoms with Crippen molar-refractivity contribution in [1.82, 2.24) is 5.32 Å². The van der Waals surface area contributed by atoms with Crippen LogP contribution in [0.4, 0.5) is 0 Å². The number of rotatable bonds is 3. The van der Waals surface area contributed by atoms with Crippen LogP contribution >= 0.6 is 0 Å². The molecular formula is C14H19NO2. The SMILES string of the molecule is COc1cccc(OC2C[C@H]3CC[C@@H](C2)N3)c1. The molecule has 2 aliphatic heterocycles. The Balaban J connectivity index is 1.66. The van der Waals surface area contributed by atoms with Crippen LogP contribution in [-0.4, -0.2) is 25.3 Å². The van der Waals surface area contributed by atoms with Gasteiger partial charge in [0, 0.05) is 18.2 Å². The van der Waals surface area contributed by atoms with Crippen LogP contribution < -0.4 is 14.8 Å². The molecule has 0 spiro atoms. The first-order valence-corrected chi connectivity index (χ1v) is 6.40. The van der Waals surface area contributed by atoms with Crippen LogP contribution in [0.5, 0.6) is 11.5 Å². The summed E-state index contributed by atoms with van der Waals surface area (Å²) < 4.78 is 11.3. The fourth-order valence-corrected chi connectivity index (χ4v) is 2.97. The van der Waals surface area contributed by atoms with Crippen LogP contribution in [0.15, 0.2) is 24.3 Å². The highest BCUT2D eigenvalue weighted by atomic mass is 16.5. The first kappa shape index (κ1) is 10.9. The molecule has 2 saturated heterocycles. The number of ether oxygens (including phenoxy) is 2. The van der Waals surface area contributed by atoms with Gasteiger partial charge < -0.3 is 14.8 Å². The minimum atomic E-state index is 0.362. The van der Waals surface area contributed by atoms with Crippen LogP contribution in [0, 0.1) is 0 Å². The summed E-state index contributed by atoms with van der Waals surface area (Å²) in [5.74, 6) is 1.79. The van der Waals surface area contributed by atoms with Gasteiger partial charge in [-0.05, 0) is 37.8 Å². The molecule has 2 heterocycles. The van der Waals surface area contributed by atoms with Crippen LogP contribution in [-0.2, 0) is 0 Å². The van der Waals surface area contributed by atoms with E-state index in [-0.39, 0.29) is 0 Å². The van der Waals surface area contributed by atoms with Gasteiger partial charge in [-0.3, -0.25) is 0 Å². The van der Waals surface area contributed by atoms with Crippen molar-refractivity contribution in [3.63, 3.8) is 0 Å². The minimum absolute atomic E-state index is 0.362. The van der Waals surface area contributed by atoms with Gasteiger partial charge in [0.05, 0.1) is 7.11 Å². The van der Waals surface area contributed by atoms with Gasteiger partial charge in [0.15, 0.2) is 0 Å². The van der Waals surface area contributed by atoms with Crippen molar-refractivity contribution >= 4 is 0 Å². The summed E-state index contributed by atoms with van der Waals surface area (Å²) in [7, 11) is 1.68. The predicted molar refractivity (Wildman–Crippen MR) is 66.6 cm³/mol. The van der Waals surface area contributed by atoms with Gasteiger partial charge >= 0.3 is 0 Å². The molecule has 0 aromatic heterocycles. The number of fused-ring (bicyclic) bond motifs is 2. The lowest BCUT2D eigenvalue weighted by Crippen LogP contribution is -2.42. The van der Waals surface area contributed by atoms with Crippen LogP contribution in [0.2, 0.25) is 0 Å². The maximum Gasteiger partial charge on any atom is 0.123 e. The number of benzene rings is 1. The Bertz CT molecular complexity index is 382. The number of nitrogens with one attached hydrogen (secondary N) is 1. The van der Waals surface area contributed by atoms with E-state index in [4.69, 9.17) is 9.47 Å². The van der Waals surface area contributed by atoms with Crippen molar-refractivity contribution in [2.45, 2.75) is 43.9 Å². The standard InChI is InChI=1S/C14H19NO2/c1-16-12-3-2-4-13(9-12)17-14-7-10-5-6-11(8-14)15-10/h2-4,9-11,14-15H,5-8H2,1H3/t10-,11+,14?. The van der Waals surface area contributed by atoms with Crippen molar-refractivity contribution in [2.75, 3.05) is 7.11 Å². The lowest BCUT2D eigenvalue weighted by atomic mass is 10.0. The molecular weight excluding hydrogens is 214 g/mol. The Labute approximate surface area is 102 Å². The summed E-state index contributed by atoms with van der Waals surface area (Å²) in [5, 5.41) is 3.62. The van der Waals surface area contributed by atoms with Crippen molar-refractivity contribution < 1.29 is 9.47 Å². The molecule has 0 radical (unpaired) electrons. The summed E-state index contributed by atoms with van der Waals surface area (Å²) in [6, 6.07) is 9.23. The highest BCUT2D eigenvalue weighted by Gasteiger charge is 2.34. The van der Waals surface area contributed by atoms with Crippen molar-refractivity contribution in [3.05, 3.63) is 24.3 Å². The molecule has 92 valence electrons. The van der Waals surface area contributed by atoms with E-state index in [0.717, 1.165) is 24.3 Å². The molecule has 1 unspecified atom stereocenters. The number of hydrogen-bond donors (Lipinski definition) is 1. The first-order valence-electron chi connectivity index (χ1n) is 6.40. The van der Waals surface area contributed by atoms with E-state index in [1.807, 2.05) is 24.3 Å². The van der Waals surface area contributed by atoms with Crippen LogP contribution in [0.1, 0.15) is 25.7 Å². The van der Waals surface area contributed by atoms with E-state index in [2.05, 4.69) is 5.32 Å². The maximum absolute atomic E-state index is 6.06. The topological polar surface area (TPSA) is 30.5 Å². The number of hydrogen-bond acceptors (Lipinski definition) is 3. The quantitative estimate of drug-likeness (QED) is 0.869. The number of methoxy groups -OCH3 is 1. The van der Waals surface area contributed by atoms with Crippen molar-refractivity contribution in [2.24, 2.45) is 0 Å². The predicted octanol–water partition coefficient (Wildman–Crippen LogP) is 2.36. The van der Waals surface area contributed by atoms with Gasteiger partial charge in [-0.2, -0.15) is 0 Å². The minimum Gasteiger partial charge on any atom is -0.497 e. The molecule has 0 amide bonds. The average Bonchev–Trinajstić information content (AvgIpc) is 2.69. The van der Waals surface area contributed by atoms with Crippen molar-refractivity contribution in [1.29, 1.82) is 0 Å². The maximum atomic E-state index is 6.06. The van der Waals surface area contributed by atoms with Gasteiger partial charge in [0.2, 0.25) is 0 Å². The Morgan fingerprint density at radius 2 is 1.82 bits per heavy atom. The average molecular weight is 233 g/mol. The van der Waals surface area contributed by atoms with Crippen LogP contribution in [0.25, 0.3) is 0 Å². The third-order valence-corrected chi connectivity index (χ3v) is 3.77. The van der Waals surface area contributed by atoms with E-state index >= 15 is 0 Å². The molecule has 1 aromatic rings. The zero-order valence-corrected chi connectivity index (χ0v) is 10.2. The number of piperidine rings is 1. The molecule has 1 N–H and O–H groups in total. The van der Waals surface area contributed by atoms with E-state index in [9.17, 15) is 0 Å². The van der Waals surface area contributed by atoms with E-state index in [1.165, 1.54) is 12.8 Å². The van der Waals surface area contributed by atoms with Gasteiger partial charge in [-0.1, -0.05) is 6.07 Å². The monoisotopic (exact) mass is 233 g/mol. The molecule has 2 fully saturated rings. The van der Waals surface area contributed by atoms with Gasteiger partial charge in [0.25, 0.3) is 0 Å². The zero-order valence-electron chi connectivity index (χ0n) is 10.2. The van der Waals surface area contributed by atoms with E-state index in [1.54, 1.807) is 7.11 Å². The third kappa shape index (κ3) is 2.39. The fraction of sp³-hybridized carbons (Fsp3) is 0.571. The molecule has 0 saturated carbocycles. The highest BCUT2D eigenvalue weighted by molar-refractivity contribution is 5.33. The second-order valence-corrected chi connectivity index (χ2v) is 5.03. The summed E-state index contributed by atoms with van der Waals surface area (Å²) in [6.45, 7) is 0. The Morgan fingerprint density at radius 1 is 1.12 bits per heavy atom. The van der Waals surface area contributed by atoms with Gasteiger partial charge in [0.1, 0.15) is 17.6 Å². The Hall–Kier alpha value is -1.22. The molecule has 2 bridgehead atoms. The molecule has 3 nitrogen and oxygen atoms in total. The van der Waals surface area contributed by atoms with Gasteiger partial charge in [-0.15, -0.1) is 0 Å². The molecule has 3 atom stereocenters. The normalized spacial score (nSPS) is 31.2. The van der Waals surface area contributed by atoms with Crippen LogP contribution in [0.3, 0.4) is 0 Å². The lowest BCUT2D eigenvalue weighted by molar-refractivity contribution is 0.137. The molecule has 3 rings (SSSR count). The molecule has 17 heavy (non-hydrogen) atoms. The summed E-state index contributed by atoms with van der Waals surface area (Å²) in [6.07, 6.45) is 5.24.